The van der Waals surface area contributed by atoms with Crippen molar-refractivity contribution >= 4 is 56.5 Å². The normalized spacial score (nSPS) is 13.9. The first-order valence-electron chi connectivity index (χ1n) is 9.39. The molecule has 1 unspecified atom stereocenters. The lowest BCUT2D eigenvalue weighted by molar-refractivity contribution is -0.386. The number of anilines is 1. The number of alkyl halides is 2. The van der Waals surface area contributed by atoms with Crippen molar-refractivity contribution in [2.45, 2.75) is 44.6 Å². The SMILES string of the molecule is CC(C)(C)[S+]([O-])N=CC[C@@H](Nc1cc(Cl)cc(F)c1[N+](=O)[O-])c1c(Br)cccc1OC(F)F. The number of nitro groups is 1. The Bertz CT molecular complexity index is 1040. The molecule has 7 nitrogen and oxygen atoms in total. The number of benzene rings is 2. The van der Waals surface area contributed by atoms with Gasteiger partial charge in [-0.1, -0.05) is 38.0 Å². The Morgan fingerprint density at radius 2 is 2.03 bits per heavy atom. The van der Waals surface area contributed by atoms with Crippen molar-refractivity contribution in [3.63, 3.8) is 0 Å². The fraction of sp³-hybridized carbons (Fsp3) is 0.350. The average molecular weight is 571 g/mol. The van der Waals surface area contributed by atoms with Gasteiger partial charge in [0.15, 0.2) is 0 Å². The molecule has 2 atom stereocenters. The van der Waals surface area contributed by atoms with Crippen LogP contribution in [0, 0.1) is 15.9 Å². The van der Waals surface area contributed by atoms with Crippen molar-refractivity contribution in [2.75, 3.05) is 5.32 Å². The van der Waals surface area contributed by atoms with Crippen LogP contribution in [-0.4, -0.2) is 27.0 Å². The van der Waals surface area contributed by atoms with Crippen LogP contribution >= 0.6 is 27.5 Å². The first-order chi connectivity index (χ1) is 15.3. The van der Waals surface area contributed by atoms with Crippen LogP contribution in [0.25, 0.3) is 0 Å². The third-order valence-corrected chi connectivity index (χ3v) is 6.45. The predicted octanol–water partition coefficient (Wildman–Crippen LogP) is 6.83. The van der Waals surface area contributed by atoms with Crippen LogP contribution in [0.4, 0.5) is 24.5 Å². The zero-order valence-corrected chi connectivity index (χ0v) is 20.8. The van der Waals surface area contributed by atoms with E-state index >= 15 is 0 Å². The van der Waals surface area contributed by atoms with E-state index in [9.17, 15) is 27.8 Å². The summed E-state index contributed by atoms with van der Waals surface area (Å²) < 4.78 is 60.8. The number of rotatable bonds is 9. The highest BCUT2D eigenvalue weighted by Gasteiger charge is 2.28. The van der Waals surface area contributed by atoms with Crippen molar-refractivity contribution in [1.29, 1.82) is 0 Å². The number of ether oxygens (including phenoxy) is 1. The van der Waals surface area contributed by atoms with Gasteiger partial charge in [0.1, 0.15) is 27.5 Å². The quantitative estimate of drug-likeness (QED) is 0.154. The first kappa shape index (κ1) is 27.2. The molecular formula is C20H20BrClF3N3O4S. The third kappa shape index (κ3) is 7.49. The number of nitro benzene ring substituents is 1. The molecule has 0 aliphatic carbocycles. The maximum atomic E-state index is 14.3. The van der Waals surface area contributed by atoms with Crippen molar-refractivity contribution in [2.24, 2.45) is 4.40 Å². The molecule has 13 heteroatoms. The minimum Gasteiger partial charge on any atom is -0.591 e. The number of hydrogen-bond acceptors (Lipinski definition) is 6. The molecule has 1 N–H and O–H groups in total. The molecule has 0 aliphatic rings. The summed E-state index contributed by atoms with van der Waals surface area (Å²) in [5.41, 5.74) is -0.984. The highest BCUT2D eigenvalue weighted by molar-refractivity contribution is 9.10. The molecular weight excluding hydrogens is 551 g/mol. The first-order valence-corrected chi connectivity index (χ1v) is 11.7. The van der Waals surface area contributed by atoms with Crippen LogP contribution in [0.3, 0.4) is 0 Å². The maximum Gasteiger partial charge on any atom is 0.387 e. The number of nitrogens with zero attached hydrogens (tertiary/aromatic N) is 2. The minimum absolute atomic E-state index is 0.0602. The fourth-order valence-electron chi connectivity index (χ4n) is 2.73. The molecule has 2 aromatic carbocycles. The van der Waals surface area contributed by atoms with Crippen LogP contribution < -0.4 is 10.1 Å². The third-order valence-electron chi connectivity index (χ3n) is 4.15. The molecule has 2 aromatic rings. The van der Waals surface area contributed by atoms with Crippen molar-refractivity contribution in [3.8, 4) is 5.75 Å². The van der Waals surface area contributed by atoms with Crippen molar-refractivity contribution in [1.82, 2.24) is 0 Å². The number of halogens is 5. The fourth-order valence-corrected chi connectivity index (χ4v) is 4.09. The van der Waals surface area contributed by atoms with Crippen molar-refractivity contribution < 1.29 is 27.4 Å². The van der Waals surface area contributed by atoms with Gasteiger partial charge in [0, 0.05) is 21.5 Å². The summed E-state index contributed by atoms with van der Waals surface area (Å²) in [6, 6.07) is 5.26. The molecule has 0 saturated carbocycles. The van der Waals surface area contributed by atoms with Gasteiger partial charge >= 0.3 is 12.3 Å². The van der Waals surface area contributed by atoms with Crippen LogP contribution in [-0.2, 0) is 11.4 Å². The molecule has 0 radical (unpaired) electrons. The van der Waals surface area contributed by atoms with Gasteiger partial charge in [0.25, 0.3) is 0 Å². The summed E-state index contributed by atoms with van der Waals surface area (Å²) in [6.45, 7) is 2.02. The molecule has 0 amide bonds. The molecule has 0 aliphatic heterocycles. The number of nitrogens with one attached hydrogen (secondary N) is 1. The van der Waals surface area contributed by atoms with Gasteiger partial charge in [0.05, 0.1) is 17.2 Å². The smallest absolute Gasteiger partial charge is 0.387 e. The monoisotopic (exact) mass is 569 g/mol. The summed E-state index contributed by atoms with van der Waals surface area (Å²) in [5.74, 6) is -1.39. The predicted molar refractivity (Wildman–Crippen MR) is 126 cm³/mol. The van der Waals surface area contributed by atoms with Crippen LogP contribution in [0.1, 0.15) is 38.8 Å². The number of hydrogen-bond donors (Lipinski definition) is 1. The van der Waals surface area contributed by atoms with E-state index < -0.39 is 45.2 Å². The Hall–Kier alpha value is -2.02. The summed E-state index contributed by atoms with van der Waals surface area (Å²) in [5, 5.41) is 14.1. The van der Waals surface area contributed by atoms with E-state index in [0.29, 0.717) is 4.47 Å². The standard InChI is InChI=1S/C20H20BrClF3N3O4S/c1-20(2,3)33(31)26-8-7-14(17-12(21)5-4-6-16(17)32-19(24)25)27-15-10-11(22)9-13(23)18(15)28(29)30/h4-6,8-10,14,19,27H,7H2,1-3H3/t14-,33?/m1/s1. The van der Waals surface area contributed by atoms with Gasteiger partial charge in [-0.3, -0.25) is 10.1 Å². The molecule has 33 heavy (non-hydrogen) atoms. The Balaban J connectivity index is 2.57. The minimum atomic E-state index is -3.14. The molecule has 0 fully saturated rings. The largest absolute Gasteiger partial charge is 0.591 e. The lowest BCUT2D eigenvalue weighted by Crippen LogP contribution is -2.26. The van der Waals surface area contributed by atoms with Crippen molar-refractivity contribution in [3.05, 3.63) is 61.3 Å². The van der Waals surface area contributed by atoms with Crippen LogP contribution in [0.2, 0.25) is 5.02 Å². The van der Waals surface area contributed by atoms with Crippen LogP contribution in [0.15, 0.2) is 39.2 Å². The van der Waals surface area contributed by atoms with Gasteiger partial charge in [-0.2, -0.15) is 13.2 Å². The highest BCUT2D eigenvalue weighted by Crippen LogP contribution is 2.40. The van der Waals surface area contributed by atoms with Gasteiger partial charge < -0.3 is 14.6 Å². The molecule has 0 spiro atoms. The highest BCUT2D eigenvalue weighted by atomic mass is 79.9. The maximum absolute atomic E-state index is 14.3. The average Bonchev–Trinajstić information content (AvgIpc) is 2.65. The molecule has 180 valence electrons. The summed E-state index contributed by atoms with van der Waals surface area (Å²) in [6.07, 6.45) is 1.24. The van der Waals surface area contributed by atoms with Gasteiger partial charge in [-0.25, -0.2) is 0 Å². The molecule has 0 heterocycles. The van der Waals surface area contributed by atoms with E-state index in [4.69, 9.17) is 11.6 Å². The van der Waals surface area contributed by atoms with E-state index in [1.807, 2.05) is 0 Å². The lowest BCUT2D eigenvalue weighted by atomic mass is 10.0. The molecule has 2 rings (SSSR count). The van der Waals surface area contributed by atoms with Gasteiger partial charge in [0.2, 0.25) is 5.82 Å². The second kappa shape index (κ2) is 11.4. The summed E-state index contributed by atoms with van der Waals surface area (Å²) in [4.78, 5) is 10.5. The summed E-state index contributed by atoms with van der Waals surface area (Å²) in [7, 11) is 0. The van der Waals surface area contributed by atoms with E-state index in [1.165, 1.54) is 18.3 Å². The second-order valence-electron chi connectivity index (χ2n) is 7.65. The topological polar surface area (TPSA) is 99.8 Å². The molecule has 0 bridgehead atoms. The Labute approximate surface area is 205 Å². The lowest BCUT2D eigenvalue weighted by Gasteiger charge is -2.23. The van der Waals surface area contributed by atoms with E-state index in [1.54, 1.807) is 26.8 Å². The Kier molecular flexibility index (Phi) is 9.41. The van der Waals surface area contributed by atoms with E-state index in [0.717, 1.165) is 12.1 Å². The Morgan fingerprint density at radius 3 is 2.61 bits per heavy atom. The zero-order chi connectivity index (χ0) is 24.9. The van der Waals surface area contributed by atoms with Crippen LogP contribution in [0.5, 0.6) is 5.75 Å². The van der Waals surface area contributed by atoms with Gasteiger partial charge in [-0.05, 0) is 45.0 Å². The molecule has 0 aromatic heterocycles. The van der Waals surface area contributed by atoms with E-state index in [2.05, 4.69) is 30.4 Å². The Morgan fingerprint density at radius 1 is 1.36 bits per heavy atom. The second-order valence-corrected chi connectivity index (χ2v) is 10.9. The zero-order valence-electron chi connectivity index (χ0n) is 17.7. The van der Waals surface area contributed by atoms with E-state index in [-0.39, 0.29) is 28.4 Å². The van der Waals surface area contributed by atoms with Gasteiger partial charge in [-0.15, -0.1) is 0 Å². The molecule has 0 saturated heterocycles. The summed E-state index contributed by atoms with van der Waals surface area (Å²) >= 11 is 7.55.